The SMILES string of the molecule is CC(C)(C)OCC(O)CC(=O)O. The first-order valence-corrected chi connectivity index (χ1v) is 3.85. The van der Waals surface area contributed by atoms with Gasteiger partial charge in [-0.15, -0.1) is 0 Å². The molecule has 0 aromatic heterocycles. The van der Waals surface area contributed by atoms with Gasteiger partial charge in [0.05, 0.1) is 24.7 Å². The van der Waals surface area contributed by atoms with Crippen molar-refractivity contribution in [2.24, 2.45) is 0 Å². The maximum Gasteiger partial charge on any atom is 0.306 e. The molecule has 0 saturated carbocycles. The second-order valence-corrected chi connectivity index (χ2v) is 3.68. The molecule has 2 N–H and O–H groups in total. The Kier molecular flexibility index (Phi) is 4.20. The Morgan fingerprint density at radius 3 is 2.33 bits per heavy atom. The third-order valence-corrected chi connectivity index (χ3v) is 1.12. The van der Waals surface area contributed by atoms with Gasteiger partial charge in [-0.25, -0.2) is 0 Å². The van der Waals surface area contributed by atoms with Crippen LogP contribution >= 0.6 is 0 Å². The van der Waals surface area contributed by atoms with Crippen molar-refractivity contribution in [2.75, 3.05) is 6.61 Å². The third kappa shape index (κ3) is 7.50. The molecule has 0 saturated heterocycles. The standard InChI is InChI=1S/C8H16O4/c1-8(2,3)12-5-6(9)4-7(10)11/h6,9H,4-5H2,1-3H3,(H,10,11). The molecular weight excluding hydrogens is 160 g/mol. The van der Waals surface area contributed by atoms with E-state index in [1.54, 1.807) is 0 Å². The number of aliphatic hydroxyl groups is 1. The van der Waals surface area contributed by atoms with Crippen molar-refractivity contribution < 1.29 is 19.7 Å². The average molecular weight is 176 g/mol. The molecule has 0 spiro atoms. The van der Waals surface area contributed by atoms with Crippen molar-refractivity contribution >= 4 is 5.97 Å². The Bertz CT molecular complexity index is 148. The van der Waals surface area contributed by atoms with Crippen LogP contribution in [0.3, 0.4) is 0 Å². The first-order valence-electron chi connectivity index (χ1n) is 3.85. The number of carboxylic acid groups (broad SMARTS) is 1. The molecule has 72 valence electrons. The smallest absolute Gasteiger partial charge is 0.306 e. The molecule has 0 fully saturated rings. The molecular formula is C8H16O4. The molecule has 1 unspecified atom stereocenters. The van der Waals surface area contributed by atoms with Crippen molar-refractivity contribution in [3.05, 3.63) is 0 Å². The summed E-state index contributed by atoms with van der Waals surface area (Å²) >= 11 is 0. The van der Waals surface area contributed by atoms with Crippen molar-refractivity contribution in [3.8, 4) is 0 Å². The maximum atomic E-state index is 10.1. The van der Waals surface area contributed by atoms with Crippen molar-refractivity contribution in [1.82, 2.24) is 0 Å². The molecule has 0 rings (SSSR count). The van der Waals surface area contributed by atoms with Gasteiger partial charge in [0.25, 0.3) is 0 Å². The topological polar surface area (TPSA) is 66.8 Å². The van der Waals surface area contributed by atoms with Gasteiger partial charge >= 0.3 is 5.97 Å². The van der Waals surface area contributed by atoms with Gasteiger partial charge in [-0.05, 0) is 20.8 Å². The van der Waals surface area contributed by atoms with Gasteiger partial charge in [-0.2, -0.15) is 0 Å². The van der Waals surface area contributed by atoms with Crippen LogP contribution in [0.15, 0.2) is 0 Å². The van der Waals surface area contributed by atoms with E-state index in [-0.39, 0.29) is 18.6 Å². The number of carbonyl (C=O) groups is 1. The van der Waals surface area contributed by atoms with E-state index in [4.69, 9.17) is 14.9 Å². The van der Waals surface area contributed by atoms with Crippen LogP contribution in [-0.2, 0) is 9.53 Å². The van der Waals surface area contributed by atoms with Gasteiger partial charge < -0.3 is 14.9 Å². The second-order valence-electron chi connectivity index (χ2n) is 3.68. The Labute approximate surface area is 72.2 Å². The predicted molar refractivity (Wildman–Crippen MR) is 44.0 cm³/mol. The van der Waals surface area contributed by atoms with Crippen LogP contribution in [0.5, 0.6) is 0 Å². The maximum absolute atomic E-state index is 10.1. The molecule has 1 atom stereocenters. The van der Waals surface area contributed by atoms with Crippen molar-refractivity contribution in [2.45, 2.75) is 38.9 Å². The molecule has 0 amide bonds. The minimum absolute atomic E-state index is 0.0653. The van der Waals surface area contributed by atoms with Crippen LogP contribution in [0.1, 0.15) is 27.2 Å². The quantitative estimate of drug-likeness (QED) is 0.659. The summed E-state index contributed by atoms with van der Waals surface area (Å²) in [5.41, 5.74) is -0.334. The molecule has 0 bridgehead atoms. The third-order valence-electron chi connectivity index (χ3n) is 1.12. The molecule has 0 aromatic carbocycles. The lowest BCUT2D eigenvalue weighted by Gasteiger charge is -2.21. The lowest BCUT2D eigenvalue weighted by molar-refractivity contribution is -0.141. The fourth-order valence-corrected chi connectivity index (χ4v) is 0.607. The highest BCUT2D eigenvalue weighted by atomic mass is 16.5. The highest BCUT2D eigenvalue weighted by Gasteiger charge is 2.15. The first-order chi connectivity index (χ1) is 5.31. The van der Waals surface area contributed by atoms with E-state index < -0.39 is 12.1 Å². The van der Waals surface area contributed by atoms with Crippen LogP contribution in [0.4, 0.5) is 0 Å². The summed E-state index contributed by atoms with van der Waals surface area (Å²) in [6.45, 7) is 5.61. The van der Waals surface area contributed by atoms with Crippen LogP contribution in [0.2, 0.25) is 0 Å². The summed E-state index contributed by atoms with van der Waals surface area (Å²) in [5, 5.41) is 17.4. The Morgan fingerprint density at radius 2 is 2.00 bits per heavy atom. The fraction of sp³-hybridized carbons (Fsp3) is 0.875. The average Bonchev–Trinajstić information content (AvgIpc) is 1.80. The molecule has 4 nitrogen and oxygen atoms in total. The van der Waals surface area contributed by atoms with Crippen LogP contribution in [0, 0.1) is 0 Å². The zero-order valence-electron chi connectivity index (χ0n) is 7.70. The summed E-state index contributed by atoms with van der Waals surface area (Å²) in [7, 11) is 0. The number of ether oxygens (including phenoxy) is 1. The largest absolute Gasteiger partial charge is 0.481 e. The predicted octanol–water partition coefficient (Wildman–Crippen LogP) is 0.637. The first kappa shape index (κ1) is 11.4. The Morgan fingerprint density at radius 1 is 1.50 bits per heavy atom. The van der Waals surface area contributed by atoms with E-state index in [0.717, 1.165) is 0 Å². The lowest BCUT2D eigenvalue weighted by atomic mass is 10.2. The van der Waals surface area contributed by atoms with Gasteiger partial charge in [0.15, 0.2) is 0 Å². The summed E-state index contributed by atoms with van der Waals surface area (Å²) in [5.74, 6) is -1.01. The van der Waals surface area contributed by atoms with E-state index in [9.17, 15) is 4.79 Å². The highest BCUT2D eigenvalue weighted by Crippen LogP contribution is 2.07. The van der Waals surface area contributed by atoms with Gasteiger partial charge in [-0.1, -0.05) is 0 Å². The molecule has 0 aliphatic rings. The van der Waals surface area contributed by atoms with Gasteiger partial charge in [0, 0.05) is 0 Å². The highest BCUT2D eigenvalue weighted by molar-refractivity contribution is 5.67. The summed E-state index contributed by atoms with van der Waals surface area (Å²) < 4.78 is 5.18. The number of hydrogen-bond donors (Lipinski definition) is 2. The van der Waals surface area contributed by atoms with Gasteiger partial charge in [-0.3, -0.25) is 4.79 Å². The Hall–Kier alpha value is -0.610. The van der Waals surface area contributed by atoms with Crippen molar-refractivity contribution in [1.29, 1.82) is 0 Å². The fourth-order valence-electron chi connectivity index (χ4n) is 0.607. The number of rotatable bonds is 4. The van der Waals surface area contributed by atoms with E-state index in [1.165, 1.54) is 0 Å². The van der Waals surface area contributed by atoms with Crippen LogP contribution in [-0.4, -0.2) is 34.5 Å². The van der Waals surface area contributed by atoms with E-state index >= 15 is 0 Å². The van der Waals surface area contributed by atoms with E-state index in [1.807, 2.05) is 20.8 Å². The van der Waals surface area contributed by atoms with Gasteiger partial charge in [0.2, 0.25) is 0 Å². The van der Waals surface area contributed by atoms with Crippen LogP contribution < -0.4 is 0 Å². The van der Waals surface area contributed by atoms with Gasteiger partial charge in [0.1, 0.15) is 0 Å². The zero-order valence-corrected chi connectivity index (χ0v) is 7.70. The molecule has 0 heterocycles. The molecule has 4 heteroatoms. The minimum atomic E-state index is -1.01. The number of hydrogen-bond acceptors (Lipinski definition) is 3. The molecule has 0 radical (unpaired) electrons. The molecule has 0 aromatic rings. The monoisotopic (exact) mass is 176 g/mol. The lowest BCUT2D eigenvalue weighted by Crippen LogP contribution is -2.27. The zero-order chi connectivity index (χ0) is 9.78. The molecule has 12 heavy (non-hydrogen) atoms. The number of aliphatic carboxylic acids is 1. The van der Waals surface area contributed by atoms with Crippen LogP contribution in [0.25, 0.3) is 0 Å². The Balaban J connectivity index is 3.57. The summed E-state index contributed by atoms with van der Waals surface area (Å²) in [4.78, 5) is 10.1. The molecule has 0 aliphatic carbocycles. The second kappa shape index (κ2) is 4.42. The minimum Gasteiger partial charge on any atom is -0.481 e. The molecule has 0 aliphatic heterocycles. The summed E-state index contributed by atoms with van der Waals surface area (Å²) in [6.07, 6.45) is -1.18. The van der Waals surface area contributed by atoms with E-state index in [0.29, 0.717) is 0 Å². The van der Waals surface area contributed by atoms with Crippen molar-refractivity contribution in [3.63, 3.8) is 0 Å². The van der Waals surface area contributed by atoms with E-state index in [2.05, 4.69) is 0 Å². The number of carboxylic acids is 1. The number of aliphatic hydroxyl groups excluding tert-OH is 1. The normalized spacial score (nSPS) is 14.3. The summed E-state index contributed by atoms with van der Waals surface area (Å²) in [6, 6.07) is 0.